The van der Waals surface area contributed by atoms with E-state index in [1.54, 1.807) is 0 Å². The van der Waals surface area contributed by atoms with E-state index in [-0.39, 0.29) is 24.8 Å². The summed E-state index contributed by atoms with van der Waals surface area (Å²) in [5.41, 5.74) is 3.30. The largest absolute Gasteiger partial charge is 0.383 e. The van der Waals surface area contributed by atoms with E-state index in [1.807, 2.05) is 12.1 Å². The molecule has 0 unspecified atom stereocenters. The molecule has 0 bridgehead atoms. The molecule has 0 aliphatic carbocycles. The van der Waals surface area contributed by atoms with Gasteiger partial charge in [0.25, 0.3) is 0 Å². The van der Waals surface area contributed by atoms with E-state index in [0.717, 1.165) is 37.2 Å². The number of aromatic nitrogens is 1. The number of hydrogen-bond donors (Lipinski definition) is 1. The normalized spacial score (nSPS) is 10.5. The Labute approximate surface area is 156 Å². The number of fused-ring (bicyclic) bond motifs is 2. The van der Waals surface area contributed by atoms with Crippen LogP contribution in [-0.4, -0.2) is 36.1 Å². The molecule has 0 aliphatic rings. The lowest BCUT2D eigenvalue weighted by atomic mass is 10.1. The molecule has 1 heterocycles. The zero-order chi connectivity index (χ0) is 15.4. The Kier molecular flexibility index (Phi) is 8.26. The molecule has 0 aliphatic heterocycles. The number of nitrogens with zero attached hydrogens (tertiary/aromatic N) is 2. The van der Waals surface area contributed by atoms with E-state index in [4.69, 9.17) is 4.98 Å². The van der Waals surface area contributed by atoms with Gasteiger partial charge in [-0.2, -0.15) is 0 Å². The molecule has 0 amide bonds. The summed E-state index contributed by atoms with van der Waals surface area (Å²) in [6.07, 6.45) is 0. The van der Waals surface area contributed by atoms with Gasteiger partial charge in [0.15, 0.2) is 0 Å². The molecule has 0 saturated heterocycles. The topological polar surface area (TPSA) is 28.2 Å². The Morgan fingerprint density at radius 3 is 1.83 bits per heavy atom. The summed E-state index contributed by atoms with van der Waals surface area (Å²) in [6.45, 7) is 8.60. The van der Waals surface area contributed by atoms with E-state index < -0.39 is 0 Å². The van der Waals surface area contributed by atoms with Crippen molar-refractivity contribution in [2.75, 3.05) is 31.5 Å². The Morgan fingerprint density at radius 2 is 1.33 bits per heavy atom. The van der Waals surface area contributed by atoms with Gasteiger partial charge in [-0.15, -0.1) is 24.8 Å². The molecular formula is C19H25Cl2N3. The van der Waals surface area contributed by atoms with Crippen LogP contribution in [0.2, 0.25) is 0 Å². The Bertz CT molecular complexity index is 719. The van der Waals surface area contributed by atoms with Crippen molar-refractivity contribution in [1.29, 1.82) is 0 Å². The van der Waals surface area contributed by atoms with E-state index in [2.05, 4.69) is 60.5 Å². The van der Waals surface area contributed by atoms with Gasteiger partial charge in [0.2, 0.25) is 0 Å². The molecule has 0 spiro atoms. The second-order valence-electron chi connectivity index (χ2n) is 5.47. The fraction of sp³-hybridized carbons (Fsp3) is 0.316. The average Bonchev–Trinajstić information content (AvgIpc) is 2.58. The Balaban J connectivity index is 0.00000144. The first-order chi connectivity index (χ1) is 10.8. The maximum absolute atomic E-state index is 4.76. The number of para-hydroxylation sites is 2. The van der Waals surface area contributed by atoms with E-state index >= 15 is 0 Å². The predicted octanol–water partition coefficient (Wildman–Crippen LogP) is 4.99. The maximum Gasteiger partial charge on any atom is 0.0730 e. The average molecular weight is 366 g/mol. The van der Waals surface area contributed by atoms with Crippen LogP contribution in [0, 0.1) is 0 Å². The van der Waals surface area contributed by atoms with Crippen LogP contribution in [0.5, 0.6) is 0 Å². The highest BCUT2D eigenvalue weighted by molar-refractivity contribution is 6.07. The van der Waals surface area contributed by atoms with Gasteiger partial charge < -0.3 is 10.2 Å². The van der Waals surface area contributed by atoms with Crippen molar-refractivity contribution in [3.05, 3.63) is 48.5 Å². The van der Waals surface area contributed by atoms with E-state index in [1.165, 1.54) is 16.5 Å². The lowest BCUT2D eigenvalue weighted by Crippen LogP contribution is -2.28. The number of hydrogen-bond acceptors (Lipinski definition) is 3. The number of benzene rings is 2. The minimum atomic E-state index is 0. The van der Waals surface area contributed by atoms with Crippen molar-refractivity contribution in [2.45, 2.75) is 13.8 Å². The predicted molar refractivity (Wildman–Crippen MR) is 110 cm³/mol. The molecule has 130 valence electrons. The second kappa shape index (κ2) is 9.67. The third-order valence-electron chi connectivity index (χ3n) is 4.21. The SMILES string of the molecule is CCN(CC)CCNc1c2ccccc2nc2ccccc12.Cl.Cl. The molecule has 3 rings (SSSR count). The molecule has 3 aromatic rings. The van der Waals surface area contributed by atoms with Crippen LogP contribution in [0.3, 0.4) is 0 Å². The van der Waals surface area contributed by atoms with Gasteiger partial charge in [0.1, 0.15) is 0 Å². The molecule has 1 aromatic heterocycles. The first kappa shape index (κ1) is 20.5. The molecule has 1 N–H and O–H groups in total. The molecular weight excluding hydrogens is 341 g/mol. The Hall–Kier alpha value is -1.55. The number of halogens is 2. The van der Waals surface area contributed by atoms with Crippen molar-refractivity contribution >= 4 is 52.3 Å². The summed E-state index contributed by atoms with van der Waals surface area (Å²) in [5, 5.41) is 6.04. The molecule has 0 atom stereocenters. The van der Waals surface area contributed by atoms with Gasteiger partial charge in [0, 0.05) is 23.9 Å². The number of likely N-dealkylation sites (N-methyl/N-ethyl adjacent to an activating group) is 1. The van der Waals surface area contributed by atoms with Crippen molar-refractivity contribution in [3.63, 3.8) is 0 Å². The summed E-state index contributed by atoms with van der Waals surface area (Å²) in [7, 11) is 0. The lowest BCUT2D eigenvalue weighted by Gasteiger charge is -2.19. The summed E-state index contributed by atoms with van der Waals surface area (Å²) < 4.78 is 0. The fourth-order valence-electron chi connectivity index (χ4n) is 2.91. The van der Waals surface area contributed by atoms with Crippen LogP contribution >= 0.6 is 24.8 Å². The van der Waals surface area contributed by atoms with Crippen molar-refractivity contribution in [1.82, 2.24) is 9.88 Å². The number of nitrogens with one attached hydrogen (secondary N) is 1. The molecule has 24 heavy (non-hydrogen) atoms. The van der Waals surface area contributed by atoms with Gasteiger partial charge in [0.05, 0.1) is 16.7 Å². The summed E-state index contributed by atoms with van der Waals surface area (Å²) in [4.78, 5) is 7.19. The summed E-state index contributed by atoms with van der Waals surface area (Å²) in [6, 6.07) is 16.7. The highest BCUT2D eigenvalue weighted by Crippen LogP contribution is 2.30. The van der Waals surface area contributed by atoms with Crippen LogP contribution in [-0.2, 0) is 0 Å². The quantitative estimate of drug-likeness (QED) is 0.624. The fourth-order valence-corrected chi connectivity index (χ4v) is 2.91. The van der Waals surface area contributed by atoms with Crippen LogP contribution in [0.4, 0.5) is 5.69 Å². The van der Waals surface area contributed by atoms with E-state index in [9.17, 15) is 0 Å². The van der Waals surface area contributed by atoms with Crippen molar-refractivity contribution in [2.24, 2.45) is 0 Å². The third-order valence-corrected chi connectivity index (χ3v) is 4.21. The summed E-state index contributed by atoms with van der Waals surface area (Å²) in [5.74, 6) is 0. The van der Waals surface area contributed by atoms with Crippen LogP contribution in [0.15, 0.2) is 48.5 Å². The maximum atomic E-state index is 4.76. The van der Waals surface area contributed by atoms with E-state index in [0.29, 0.717) is 0 Å². The number of rotatable bonds is 6. The smallest absolute Gasteiger partial charge is 0.0730 e. The second-order valence-corrected chi connectivity index (χ2v) is 5.47. The first-order valence-electron chi connectivity index (χ1n) is 8.07. The monoisotopic (exact) mass is 365 g/mol. The molecule has 0 saturated carbocycles. The number of anilines is 1. The third kappa shape index (κ3) is 4.29. The van der Waals surface area contributed by atoms with Crippen LogP contribution in [0.25, 0.3) is 21.8 Å². The summed E-state index contributed by atoms with van der Waals surface area (Å²) >= 11 is 0. The molecule has 2 aromatic carbocycles. The highest BCUT2D eigenvalue weighted by Gasteiger charge is 2.08. The van der Waals surface area contributed by atoms with Gasteiger partial charge in [-0.1, -0.05) is 50.2 Å². The molecule has 5 heteroatoms. The van der Waals surface area contributed by atoms with Gasteiger partial charge >= 0.3 is 0 Å². The molecule has 3 nitrogen and oxygen atoms in total. The number of pyridine rings is 1. The van der Waals surface area contributed by atoms with Crippen LogP contribution in [0.1, 0.15) is 13.8 Å². The van der Waals surface area contributed by atoms with Crippen molar-refractivity contribution in [3.8, 4) is 0 Å². The lowest BCUT2D eigenvalue weighted by molar-refractivity contribution is 0.316. The standard InChI is InChI=1S/C19H23N3.2ClH/c1-3-22(4-2)14-13-20-19-15-9-5-7-11-17(15)21-18-12-8-6-10-16(18)19;;/h5-12H,3-4,13-14H2,1-2H3,(H,20,21);2*1H. The van der Waals surface area contributed by atoms with Crippen molar-refractivity contribution < 1.29 is 0 Å². The van der Waals surface area contributed by atoms with Gasteiger partial charge in [-0.25, -0.2) is 4.98 Å². The van der Waals surface area contributed by atoms with Gasteiger partial charge in [-0.05, 0) is 25.2 Å². The van der Waals surface area contributed by atoms with Crippen LogP contribution < -0.4 is 5.32 Å². The zero-order valence-electron chi connectivity index (χ0n) is 14.2. The minimum absolute atomic E-state index is 0. The molecule has 0 radical (unpaired) electrons. The van der Waals surface area contributed by atoms with Gasteiger partial charge in [-0.3, -0.25) is 0 Å². The first-order valence-corrected chi connectivity index (χ1v) is 8.07. The molecule has 0 fully saturated rings. The minimum Gasteiger partial charge on any atom is -0.383 e. The highest BCUT2D eigenvalue weighted by atomic mass is 35.5. The zero-order valence-corrected chi connectivity index (χ0v) is 15.8. The Morgan fingerprint density at radius 1 is 0.833 bits per heavy atom.